The van der Waals surface area contributed by atoms with E-state index >= 15 is 0 Å². The van der Waals surface area contributed by atoms with Gasteiger partial charge < -0.3 is 9.72 Å². The Morgan fingerprint density at radius 1 is 1.30 bits per heavy atom. The van der Waals surface area contributed by atoms with Crippen LogP contribution in [0.25, 0.3) is 21.9 Å². The number of nitriles is 1. The molecule has 3 aromatic heterocycles. The molecule has 0 aromatic carbocycles. The number of ether oxygens (including phenoxy) is 1. The molecule has 1 fully saturated rings. The van der Waals surface area contributed by atoms with Crippen LogP contribution in [0, 0.1) is 11.3 Å². The second-order valence-electron chi connectivity index (χ2n) is 5.84. The summed E-state index contributed by atoms with van der Waals surface area (Å²) in [7, 11) is 0. The highest BCUT2D eigenvalue weighted by molar-refractivity contribution is 6.09. The summed E-state index contributed by atoms with van der Waals surface area (Å²) in [5.41, 5.74) is 1.76. The normalized spacial score (nSPS) is 21.4. The van der Waals surface area contributed by atoms with Crippen molar-refractivity contribution in [1.29, 1.82) is 5.26 Å². The van der Waals surface area contributed by atoms with Gasteiger partial charge in [0.2, 0.25) is 0 Å². The third kappa shape index (κ3) is 2.38. The van der Waals surface area contributed by atoms with Gasteiger partial charge in [0.1, 0.15) is 35.4 Å². The average Bonchev–Trinajstić information content (AvgIpc) is 2.95. The van der Waals surface area contributed by atoms with E-state index in [9.17, 15) is 4.39 Å². The minimum absolute atomic E-state index is 0.328. The molecule has 1 aliphatic rings. The molecule has 0 bridgehead atoms. The number of rotatable bonds is 2. The van der Waals surface area contributed by atoms with Gasteiger partial charge in [-0.15, -0.1) is 0 Å². The zero-order valence-electron chi connectivity index (χ0n) is 12.4. The van der Waals surface area contributed by atoms with Crippen molar-refractivity contribution in [2.75, 3.05) is 0 Å². The van der Waals surface area contributed by atoms with Crippen LogP contribution in [-0.4, -0.2) is 27.2 Å². The van der Waals surface area contributed by atoms with Gasteiger partial charge in [-0.1, -0.05) is 6.42 Å². The minimum atomic E-state index is -0.937. The summed E-state index contributed by atoms with van der Waals surface area (Å²) in [6.07, 6.45) is 5.06. The molecule has 2 atom stereocenters. The van der Waals surface area contributed by atoms with Gasteiger partial charge in [0.25, 0.3) is 0 Å². The Morgan fingerprint density at radius 2 is 2.17 bits per heavy atom. The van der Waals surface area contributed by atoms with E-state index in [0.29, 0.717) is 23.5 Å². The lowest BCUT2D eigenvalue weighted by atomic mass is 9.96. The predicted octanol–water partition coefficient (Wildman–Crippen LogP) is 3.64. The molecule has 5 nitrogen and oxygen atoms in total. The quantitative estimate of drug-likeness (QED) is 0.784. The number of alkyl halides is 1. The number of pyridine rings is 2. The van der Waals surface area contributed by atoms with Crippen LogP contribution in [0.4, 0.5) is 4.39 Å². The predicted molar refractivity (Wildman–Crippen MR) is 83.9 cm³/mol. The van der Waals surface area contributed by atoms with Crippen molar-refractivity contribution in [3.63, 3.8) is 0 Å². The van der Waals surface area contributed by atoms with Gasteiger partial charge in [-0.2, -0.15) is 5.26 Å². The fourth-order valence-corrected chi connectivity index (χ4v) is 3.20. The fourth-order valence-electron chi connectivity index (χ4n) is 3.20. The van der Waals surface area contributed by atoms with Crippen molar-refractivity contribution in [3.8, 4) is 11.8 Å². The highest BCUT2D eigenvalue weighted by atomic mass is 19.1. The molecule has 6 heteroatoms. The number of hydrogen-bond acceptors (Lipinski definition) is 4. The molecule has 0 unspecified atom stereocenters. The summed E-state index contributed by atoms with van der Waals surface area (Å²) in [4.78, 5) is 11.5. The molecule has 1 N–H and O–H groups in total. The minimum Gasteiger partial charge on any atom is -0.487 e. The van der Waals surface area contributed by atoms with E-state index in [1.807, 2.05) is 6.07 Å². The maximum atomic E-state index is 14.1. The van der Waals surface area contributed by atoms with Crippen molar-refractivity contribution in [2.45, 2.75) is 38.0 Å². The number of nitrogens with one attached hydrogen (secondary N) is 1. The first-order valence-electron chi connectivity index (χ1n) is 7.73. The molecule has 0 amide bonds. The Labute approximate surface area is 132 Å². The van der Waals surface area contributed by atoms with Crippen LogP contribution >= 0.6 is 0 Å². The van der Waals surface area contributed by atoms with Crippen LogP contribution in [0.5, 0.6) is 5.75 Å². The van der Waals surface area contributed by atoms with E-state index in [1.54, 1.807) is 24.5 Å². The monoisotopic (exact) mass is 310 g/mol. The summed E-state index contributed by atoms with van der Waals surface area (Å²) >= 11 is 0. The summed E-state index contributed by atoms with van der Waals surface area (Å²) in [5.74, 6) is 0.603. The van der Waals surface area contributed by atoms with Crippen LogP contribution in [0.1, 0.15) is 31.4 Å². The third-order valence-electron chi connectivity index (χ3n) is 4.35. The smallest absolute Gasteiger partial charge is 0.142 e. The molecule has 116 valence electrons. The third-order valence-corrected chi connectivity index (χ3v) is 4.35. The molecule has 1 aliphatic carbocycles. The van der Waals surface area contributed by atoms with Crippen molar-refractivity contribution >= 4 is 21.9 Å². The molecule has 0 aliphatic heterocycles. The lowest BCUT2D eigenvalue weighted by molar-refractivity contribution is 0.0650. The fraction of sp³-hybridized carbons (Fsp3) is 0.353. The molecule has 0 spiro atoms. The van der Waals surface area contributed by atoms with E-state index in [4.69, 9.17) is 10.00 Å². The number of H-pyrrole nitrogens is 1. The first kappa shape index (κ1) is 13.9. The van der Waals surface area contributed by atoms with Gasteiger partial charge >= 0.3 is 0 Å². The Balaban J connectivity index is 1.84. The van der Waals surface area contributed by atoms with Gasteiger partial charge in [0.05, 0.1) is 17.1 Å². The number of aromatic nitrogens is 3. The number of aromatic amines is 1. The second kappa shape index (κ2) is 5.51. The lowest BCUT2D eigenvalue weighted by Crippen LogP contribution is -2.31. The number of halogens is 1. The average molecular weight is 310 g/mol. The molecule has 23 heavy (non-hydrogen) atoms. The van der Waals surface area contributed by atoms with Gasteiger partial charge in [0, 0.05) is 11.6 Å². The van der Waals surface area contributed by atoms with E-state index in [-0.39, 0.29) is 0 Å². The Morgan fingerprint density at radius 3 is 3.00 bits per heavy atom. The molecule has 1 saturated carbocycles. The standard InChI is InChI=1S/C17H15FN4O/c18-12-3-1-2-4-14(12)23-15-5-6-20-17-16(15)11-7-10(8-19)21-9-13(11)22-17/h5-7,9,12,14H,1-4H2,(H,20,22)/t12-,14+/m1/s1. The first-order chi connectivity index (χ1) is 11.3. The summed E-state index contributed by atoms with van der Waals surface area (Å²) < 4.78 is 20.1. The Bertz CT molecular complexity index is 914. The molecule has 4 rings (SSSR count). The number of hydrogen-bond donors (Lipinski definition) is 1. The van der Waals surface area contributed by atoms with Gasteiger partial charge in [-0.25, -0.2) is 14.4 Å². The summed E-state index contributed by atoms with van der Waals surface area (Å²) in [6, 6.07) is 5.49. The molecular formula is C17H15FN4O. The number of fused-ring (bicyclic) bond motifs is 3. The highest BCUT2D eigenvalue weighted by Gasteiger charge is 2.27. The zero-order chi connectivity index (χ0) is 15.8. The molecule has 0 radical (unpaired) electrons. The topological polar surface area (TPSA) is 74.6 Å². The van der Waals surface area contributed by atoms with E-state index in [0.717, 1.165) is 35.6 Å². The molecular weight excluding hydrogens is 295 g/mol. The number of nitrogens with zero attached hydrogens (tertiary/aromatic N) is 3. The summed E-state index contributed by atoms with van der Waals surface area (Å²) in [6.45, 7) is 0. The van der Waals surface area contributed by atoms with Crippen LogP contribution in [0.3, 0.4) is 0 Å². The Hall–Kier alpha value is -2.68. The maximum absolute atomic E-state index is 14.1. The van der Waals surface area contributed by atoms with E-state index < -0.39 is 12.3 Å². The van der Waals surface area contributed by atoms with Crippen molar-refractivity contribution in [2.24, 2.45) is 0 Å². The van der Waals surface area contributed by atoms with Gasteiger partial charge in [-0.3, -0.25) is 0 Å². The lowest BCUT2D eigenvalue weighted by Gasteiger charge is -2.26. The molecule has 0 saturated heterocycles. The SMILES string of the molecule is N#Cc1cc2c(cn1)[nH]c1nccc(O[C@H]3CCCC[C@H]3F)c12. The van der Waals surface area contributed by atoms with E-state index in [1.165, 1.54) is 0 Å². The first-order valence-corrected chi connectivity index (χ1v) is 7.73. The second-order valence-corrected chi connectivity index (χ2v) is 5.84. The molecule has 3 heterocycles. The maximum Gasteiger partial charge on any atom is 0.142 e. The zero-order valence-corrected chi connectivity index (χ0v) is 12.4. The van der Waals surface area contributed by atoms with Gasteiger partial charge in [-0.05, 0) is 31.4 Å². The van der Waals surface area contributed by atoms with Crippen LogP contribution < -0.4 is 4.74 Å². The highest BCUT2D eigenvalue weighted by Crippen LogP contribution is 2.34. The van der Waals surface area contributed by atoms with Crippen LogP contribution in [0.2, 0.25) is 0 Å². The van der Waals surface area contributed by atoms with Gasteiger partial charge in [0.15, 0.2) is 0 Å². The molecule has 3 aromatic rings. The van der Waals surface area contributed by atoms with Crippen LogP contribution in [-0.2, 0) is 0 Å². The Kier molecular flexibility index (Phi) is 3.34. The summed E-state index contributed by atoms with van der Waals surface area (Å²) in [5, 5.41) is 10.6. The van der Waals surface area contributed by atoms with Crippen molar-refractivity contribution in [3.05, 3.63) is 30.2 Å². The largest absolute Gasteiger partial charge is 0.487 e. The van der Waals surface area contributed by atoms with Crippen molar-refractivity contribution < 1.29 is 9.13 Å². The van der Waals surface area contributed by atoms with Crippen molar-refractivity contribution in [1.82, 2.24) is 15.0 Å². The van der Waals surface area contributed by atoms with Crippen LogP contribution in [0.15, 0.2) is 24.5 Å². The van der Waals surface area contributed by atoms with E-state index in [2.05, 4.69) is 15.0 Å².